The maximum absolute atomic E-state index is 13.7. The number of likely N-dealkylation sites (tertiary alicyclic amines) is 1. The summed E-state index contributed by atoms with van der Waals surface area (Å²) in [6, 6.07) is 2.70. The molecule has 2 heterocycles. The van der Waals surface area contributed by atoms with Gasteiger partial charge in [-0.1, -0.05) is 0 Å². The highest BCUT2D eigenvalue weighted by molar-refractivity contribution is 5.95. The molecule has 1 unspecified atom stereocenters. The van der Waals surface area contributed by atoms with E-state index in [9.17, 15) is 9.18 Å². The van der Waals surface area contributed by atoms with Crippen molar-refractivity contribution in [2.75, 3.05) is 32.5 Å². The van der Waals surface area contributed by atoms with Crippen molar-refractivity contribution in [3.8, 4) is 0 Å². The van der Waals surface area contributed by atoms with E-state index in [2.05, 4.69) is 27.5 Å². The summed E-state index contributed by atoms with van der Waals surface area (Å²) in [7, 11) is 3.85. The molecule has 0 saturated carbocycles. The van der Waals surface area contributed by atoms with Crippen LogP contribution in [0.3, 0.4) is 0 Å². The molecule has 6 heteroatoms. The third-order valence-electron chi connectivity index (χ3n) is 4.40. The number of aromatic nitrogens is 2. The SMILES string of the molecule is CNc1cc(F)cc2c(=O)[nH]nc(CC3CCCN(C)C3)c12. The molecule has 3 rings (SSSR count). The van der Waals surface area contributed by atoms with Gasteiger partial charge in [0.2, 0.25) is 0 Å². The summed E-state index contributed by atoms with van der Waals surface area (Å²) in [5.74, 6) is 0.0898. The predicted molar refractivity (Wildman–Crippen MR) is 85.8 cm³/mol. The second-order valence-corrected chi connectivity index (χ2v) is 6.10. The lowest BCUT2D eigenvalue weighted by atomic mass is 9.92. The van der Waals surface area contributed by atoms with Crippen molar-refractivity contribution in [3.05, 3.63) is 34.0 Å². The van der Waals surface area contributed by atoms with E-state index in [4.69, 9.17) is 0 Å². The number of nitrogens with zero attached hydrogens (tertiary/aromatic N) is 2. The molecule has 0 amide bonds. The van der Waals surface area contributed by atoms with Gasteiger partial charge in [-0.05, 0) is 50.9 Å². The van der Waals surface area contributed by atoms with Gasteiger partial charge >= 0.3 is 0 Å². The third kappa shape index (κ3) is 2.83. The number of hydrogen-bond donors (Lipinski definition) is 2. The van der Waals surface area contributed by atoms with E-state index in [0.717, 1.165) is 37.0 Å². The minimum absolute atomic E-state index is 0.351. The Hall–Kier alpha value is -1.95. The molecular weight excluding hydrogens is 283 g/mol. The van der Waals surface area contributed by atoms with Gasteiger partial charge in [-0.3, -0.25) is 4.79 Å². The summed E-state index contributed by atoms with van der Waals surface area (Å²) in [4.78, 5) is 14.3. The molecule has 1 saturated heterocycles. The molecular formula is C16H21FN4O. The van der Waals surface area contributed by atoms with Crippen molar-refractivity contribution in [3.63, 3.8) is 0 Å². The van der Waals surface area contributed by atoms with Gasteiger partial charge in [-0.2, -0.15) is 5.10 Å². The zero-order valence-corrected chi connectivity index (χ0v) is 12.9. The molecule has 22 heavy (non-hydrogen) atoms. The number of piperidine rings is 1. The molecule has 2 aromatic rings. The molecule has 1 aliphatic rings. The highest BCUT2D eigenvalue weighted by atomic mass is 19.1. The third-order valence-corrected chi connectivity index (χ3v) is 4.40. The highest BCUT2D eigenvalue weighted by Gasteiger charge is 2.21. The van der Waals surface area contributed by atoms with Gasteiger partial charge in [0.15, 0.2) is 0 Å². The lowest BCUT2D eigenvalue weighted by Crippen LogP contribution is -2.33. The number of nitrogens with one attached hydrogen (secondary N) is 2. The molecule has 0 aliphatic carbocycles. The lowest BCUT2D eigenvalue weighted by Gasteiger charge is -2.29. The molecule has 0 spiro atoms. The lowest BCUT2D eigenvalue weighted by molar-refractivity contribution is 0.208. The predicted octanol–water partition coefficient (Wildman–Crippen LogP) is 1.99. The van der Waals surface area contributed by atoms with E-state index in [1.807, 2.05) is 0 Å². The molecule has 1 aromatic heterocycles. The van der Waals surface area contributed by atoms with Crippen LogP contribution in [0.1, 0.15) is 18.5 Å². The van der Waals surface area contributed by atoms with E-state index in [-0.39, 0.29) is 5.56 Å². The Balaban J connectivity index is 2.06. The molecule has 118 valence electrons. The Morgan fingerprint density at radius 1 is 1.50 bits per heavy atom. The molecule has 2 N–H and O–H groups in total. The van der Waals surface area contributed by atoms with Crippen molar-refractivity contribution in [1.29, 1.82) is 0 Å². The number of aromatic amines is 1. The number of anilines is 1. The van der Waals surface area contributed by atoms with Crippen molar-refractivity contribution in [2.45, 2.75) is 19.3 Å². The van der Waals surface area contributed by atoms with E-state index in [1.54, 1.807) is 7.05 Å². The van der Waals surface area contributed by atoms with Crippen LogP contribution in [-0.4, -0.2) is 42.3 Å². The monoisotopic (exact) mass is 304 g/mol. The van der Waals surface area contributed by atoms with Crippen LogP contribution in [0.5, 0.6) is 0 Å². The number of fused-ring (bicyclic) bond motifs is 1. The van der Waals surface area contributed by atoms with Crippen molar-refractivity contribution in [1.82, 2.24) is 15.1 Å². The molecule has 1 aliphatic heterocycles. The van der Waals surface area contributed by atoms with Crippen LogP contribution in [0.15, 0.2) is 16.9 Å². The van der Waals surface area contributed by atoms with E-state index in [0.29, 0.717) is 17.0 Å². The fourth-order valence-electron chi connectivity index (χ4n) is 3.39. The van der Waals surface area contributed by atoms with Gasteiger partial charge in [0.25, 0.3) is 5.56 Å². The second-order valence-electron chi connectivity index (χ2n) is 6.10. The first-order chi connectivity index (χ1) is 10.6. The summed E-state index contributed by atoms with van der Waals surface area (Å²) >= 11 is 0. The zero-order valence-electron chi connectivity index (χ0n) is 12.9. The minimum atomic E-state index is -0.420. The largest absolute Gasteiger partial charge is 0.387 e. The topological polar surface area (TPSA) is 61.0 Å². The van der Waals surface area contributed by atoms with Gasteiger partial charge < -0.3 is 10.2 Å². The Labute approximate surface area is 128 Å². The Bertz CT molecular complexity index is 743. The maximum Gasteiger partial charge on any atom is 0.272 e. The average molecular weight is 304 g/mol. The average Bonchev–Trinajstić information content (AvgIpc) is 2.49. The normalized spacial score (nSPS) is 19.5. The van der Waals surface area contributed by atoms with Crippen LogP contribution < -0.4 is 10.9 Å². The van der Waals surface area contributed by atoms with Gasteiger partial charge in [0.1, 0.15) is 5.82 Å². The number of halogens is 1. The minimum Gasteiger partial charge on any atom is -0.387 e. The Morgan fingerprint density at radius 3 is 3.05 bits per heavy atom. The summed E-state index contributed by atoms with van der Waals surface area (Å²) in [5.41, 5.74) is 1.10. The Kier molecular flexibility index (Phi) is 4.11. The molecule has 0 radical (unpaired) electrons. The number of rotatable bonds is 3. The number of hydrogen-bond acceptors (Lipinski definition) is 4. The Morgan fingerprint density at radius 2 is 2.32 bits per heavy atom. The first-order valence-electron chi connectivity index (χ1n) is 7.65. The van der Waals surface area contributed by atoms with Gasteiger partial charge in [-0.25, -0.2) is 9.49 Å². The first-order valence-corrected chi connectivity index (χ1v) is 7.65. The van der Waals surface area contributed by atoms with Gasteiger partial charge in [0.05, 0.1) is 11.1 Å². The highest BCUT2D eigenvalue weighted by Crippen LogP contribution is 2.28. The second kappa shape index (κ2) is 6.04. The quantitative estimate of drug-likeness (QED) is 0.910. The zero-order chi connectivity index (χ0) is 15.7. The molecule has 1 atom stereocenters. The molecule has 5 nitrogen and oxygen atoms in total. The van der Waals surface area contributed by atoms with E-state index < -0.39 is 5.82 Å². The maximum atomic E-state index is 13.7. The summed E-state index contributed by atoms with van der Waals surface area (Å²) < 4.78 is 13.7. The summed E-state index contributed by atoms with van der Waals surface area (Å²) in [6.07, 6.45) is 3.12. The van der Waals surface area contributed by atoms with Crippen molar-refractivity contribution < 1.29 is 4.39 Å². The van der Waals surface area contributed by atoms with Crippen molar-refractivity contribution >= 4 is 16.5 Å². The number of H-pyrrole nitrogens is 1. The summed E-state index contributed by atoms with van der Waals surface area (Å²) in [6.45, 7) is 2.15. The fourth-order valence-corrected chi connectivity index (χ4v) is 3.39. The van der Waals surface area contributed by atoms with E-state index >= 15 is 0 Å². The summed E-state index contributed by atoms with van der Waals surface area (Å²) in [5, 5.41) is 10.8. The van der Waals surface area contributed by atoms with Crippen LogP contribution in [0.2, 0.25) is 0 Å². The molecule has 0 bridgehead atoms. The van der Waals surface area contributed by atoms with Crippen LogP contribution in [0, 0.1) is 11.7 Å². The molecule has 1 aromatic carbocycles. The first kappa shape index (κ1) is 15.0. The van der Waals surface area contributed by atoms with Crippen LogP contribution in [0.25, 0.3) is 10.8 Å². The van der Waals surface area contributed by atoms with Gasteiger partial charge in [-0.15, -0.1) is 0 Å². The fraction of sp³-hybridized carbons (Fsp3) is 0.500. The van der Waals surface area contributed by atoms with Crippen LogP contribution >= 0.6 is 0 Å². The van der Waals surface area contributed by atoms with Crippen LogP contribution in [-0.2, 0) is 6.42 Å². The smallest absolute Gasteiger partial charge is 0.272 e. The van der Waals surface area contributed by atoms with Crippen LogP contribution in [0.4, 0.5) is 10.1 Å². The number of benzene rings is 1. The van der Waals surface area contributed by atoms with Crippen molar-refractivity contribution in [2.24, 2.45) is 5.92 Å². The standard InChI is InChI=1S/C16H21FN4O/c1-18-13-8-11(17)7-12-15(13)14(19-20-16(12)22)6-10-4-3-5-21(2)9-10/h7-8,10,18H,3-6,9H2,1-2H3,(H,20,22). The molecule has 1 fully saturated rings. The van der Waals surface area contributed by atoms with Gasteiger partial charge in [0, 0.05) is 24.7 Å². The van der Waals surface area contributed by atoms with E-state index in [1.165, 1.54) is 18.6 Å².